The summed E-state index contributed by atoms with van der Waals surface area (Å²) in [6.07, 6.45) is -0.704. The summed E-state index contributed by atoms with van der Waals surface area (Å²) < 4.78 is 25.5. The number of hydrogen-bond donors (Lipinski definition) is 0. The summed E-state index contributed by atoms with van der Waals surface area (Å²) in [4.78, 5) is 1.99. The second-order valence-electron chi connectivity index (χ2n) is 4.42. The maximum absolute atomic E-state index is 12.7. The molecule has 0 spiro atoms. The fraction of sp³-hybridized carbons (Fsp3) is 1.00. The summed E-state index contributed by atoms with van der Waals surface area (Å²) >= 11 is 0. The highest BCUT2D eigenvalue weighted by atomic mass is 19.3. The number of rotatable bonds is 2. The highest BCUT2D eigenvalue weighted by Crippen LogP contribution is 2.54. The molecule has 0 N–H and O–H groups in total. The van der Waals surface area contributed by atoms with E-state index in [1.165, 1.54) is 0 Å². The third-order valence-corrected chi connectivity index (χ3v) is 3.34. The van der Waals surface area contributed by atoms with Crippen LogP contribution in [0, 0.1) is 5.92 Å². The van der Waals surface area contributed by atoms with Gasteiger partial charge in [0.2, 0.25) is 0 Å². The summed E-state index contributed by atoms with van der Waals surface area (Å²) in [5, 5.41) is 0. The van der Waals surface area contributed by atoms with Gasteiger partial charge >= 0.3 is 0 Å². The van der Waals surface area contributed by atoms with Crippen molar-refractivity contribution in [3.63, 3.8) is 0 Å². The molecule has 3 rings (SSSR count). The average molecular weight is 175 g/mol. The van der Waals surface area contributed by atoms with Gasteiger partial charge in [-0.25, -0.2) is 8.78 Å². The van der Waals surface area contributed by atoms with Crippen LogP contribution in [0.1, 0.15) is 26.7 Å². The molecule has 0 aromatic carbocycles. The van der Waals surface area contributed by atoms with Gasteiger partial charge in [0.25, 0.3) is 6.43 Å². The molecule has 1 aliphatic carbocycles. The zero-order chi connectivity index (χ0) is 8.93. The highest BCUT2D eigenvalue weighted by molar-refractivity contribution is 5.12. The molecule has 0 atom stereocenters. The molecule has 0 unspecified atom stereocenters. The summed E-state index contributed by atoms with van der Waals surface area (Å²) in [5.41, 5.74) is -0.723. The van der Waals surface area contributed by atoms with Gasteiger partial charge < -0.3 is 0 Å². The Kier molecular flexibility index (Phi) is 1.69. The number of halogens is 2. The number of fused-ring (bicyclic) bond motifs is 1. The van der Waals surface area contributed by atoms with Gasteiger partial charge in [0.1, 0.15) is 0 Å². The fourth-order valence-corrected chi connectivity index (χ4v) is 2.79. The van der Waals surface area contributed by atoms with Gasteiger partial charge in [0.15, 0.2) is 0 Å². The Hall–Kier alpha value is -0.180. The van der Waals surface area contributed by atoms with Crippen LogP contribution in [0.2, 0.25) is 0 Å². The van der Waals surface area contributed by atoms with Crippen molar-refractivity contribution in [1.29, 1.82) is 0 Å². The van der Waals surface area contributed by atoms with Gasteiger partial charge in [-0.1, -0.05) is 0 Å². The molecular formula is C9H15F2N. The van der Waals surface area contributed by atoms with E-state index < -0.39 is 12.0 Å². The van der Waals surface area contributed by atoms with Crippen LogP contribution in [0.4, 0.5) is 8.78 Å². The fourth-order valence-electron chi connectivity index (χ4n) is 2.79. The summed E-state index contributed by atoms with van der Waals surface area (Å²) in [6, 6.07) is 0.270. The van der Waals surface area contributed by atoms with Gasteiger partial charge in [-0.2, -0.15) is 0 Å². The van der Waals surface area contributed by atoms with Gasteiger partial charge in [0.05, 0.1) is 5.54 Å². The van der Waals surface area contributed by atoms with E-state index in [0.29, 0.717) is 5.92 Å². The molecule has 0 aromatic rings. The maximum Gasteiger partial charge on any atom is 0.256 e. The van der Waals surface area contributed by atoms with Crippen molar-refractivity contribution in [2.45, 2.75) is 44.7 Å². The molecule has 1 saturated carbocycles. The van der Waals surface area contributed by atoms with Crippen LogP contribution in [0.5, 0.6) is 0 Å². The van der Waals surface area contributed by atoms with Crippen LogP contribution < -0.4 is 0 Å². The molecule has 3 aliphatic rings. The minimum absolute atomic E-state index is 0.270. The summed E-state index contributed by atoms with van der Waals surface area (Å²) in [7, 11) is 0. The Morgan fingerprint density at radius 2 is 1.92 bits per heavy atom. The van der Waals surface area contributed by atoms with E-state index in [1.54, 1.807) is 0 Å². The van der Waals surface area contributed by atoms with Crippen molar-refractivity contribution in [3.8, 4) is 0 Å². The molecule has 2 aliphatic heterocycles. The molecule has 2 heterocycles. The molecule has 0 radical (unpaired) electrons. The van der Waals surface area contributed by atoms with Crippen LogP contribution in [0.25, 0.3) is 0 Å². The standard InChI is InChI=1S/C9H15F2N/c1-6(2)12-5-7-3-9(12,4-7)8(10)11/h6-8H,3-5H2,1-2H3. The van der Waals surface area contributed by atoms with Crippen molar-refractivity contribution in [1.82, 2.24) is 4.90 Å². The maximum atomic E-state index is 12.7. The first-order valence-corrected chi connectivity index (χ1v) is 4.61. The third-order valence-electron chi connectivity index (χ3n) is 3.34. The van der Waals surface area contributed by atoms with Gasteiger partial charge in [-0.05, 0) is 32.6 Å². The first-order chi connectivity index (χ1) is 5.56. The predicted molar refractivity (Wildman–Crippen MR) is 43.3 cm³/mol. The van der Waals surface area contributed by atoms with E-state index in [2.05, 4.69) is 0 Å². The molecule has 1 nitrogen and oxygen atoms in total. The first-order valence-electron chi connectivity index (χ1n) is 4.61. The normalized spacial score (nSPS) is 41.0. The van der Waals surface area contributed by atoms with E-state index >= 15 is 0 Å². The van der Waals surface area contributed by atoms with E-state index in [4.69, 9.17) is 0 Å². The lowest BCUT2D eigenvalue weighted by Gasteiger charge is -2.43. The molecule has 12 heavy (non-hydrogen) atoms. The van der Waals surface area contributed by atoms with Crippen LogP contribution in [-0.4, -0.2) is 29.5 Å². The van der Waals surface area contributed by atoms with Gasteiger partial charge in [0, 0.05) is 12.6 Å². The Balaban J connectivity index is 2.16. The van der Waals surface area contributed by atoms with Crippen LogP contribution in [0.3, 0.4) is 0 Å². The van der Waals surface area contributed by atoms with Crippen molar-refractivity contribution in [3.05, 3.63) is 0 Å². The molecule has 2 bridgehead atoms. The van der Waals surface area contributed by atoms with Crippen molar-refractivity contribution in [2.75, 3.05) is 6.54 Å². The van der Waals surface area contributed by atoms with E-state index in [-0.39, 0.29) is 6.04 Å². The number of nitrogens with zero attached hydrogens (tertiary/aromatic N) is 1. The largest absolute Gasteiger partial charge is 0.290 e. The zero-order valence-electron chi connectivity index (χ0n) is 7.56. The predicted octanol–water partition coefficient (Wildman–Crippen LogP) is 2.12. The zero-order valence-corrected chi connectivity index (χ0v) is 7.56. The smallest absolute Gasteiger partial charge is 0.256 e. The van der Waals surface area contributed by atoms with E-state index in [0.717, 1.165) is 19.4 Å². The highest BCUT2D eigenvalue weighted by Gasteiger charge is 2.61. The van der Waals surface area contributed by atoms with Crippen LogP contribution >= 0.6 is 0 Å². The minimum atomic E-state index is -2.15. The van der Waals surface area contributed by atoms with Crippen molar-refractivity contribution >= 4 is 0 Å². The van der Waals surface area contributed by atoms with Gasteiger partial charge in [-0.15, -0.1) is 0 Å². The quantitative estimate of drug-likeness (QED) is 0.621. The van der Waals surface area contributed by atoms with Crippen LogP contribution in [0.15, 0.2) is 0 Å². The van der Waals surface area contributed by atoms with Gasteiger partial charge in [-0.3, -0.25) is 4.90 Å². The molecule has 2 saturated heterocycles. The molecule has 70 valence electrons. The molecule has 0 amide bonds. The molecular weight excluding hydrogens is 160 g/mol. The molecule has 0 aromatic heterocycles. The lowest BCUT2D eigenvalue weighted by atomic mass is 9.73. The van der Waals surface area contributed by atoms with E-state index in [9.17, 15) is 8.78 Å². The van der Waals surface area contributed by atoms with E-state index in [1.807, 2.05) is 18.7 Å². The summed E-state index contributed by atoms with van der Waals surface area (Å²) in [6.45, 7) is 4.90. The SMILES string of the molecule is CC(C)N1CC2CC1(C(F)F)C2. The summed E-state index contributed by atoms with van der Waals surface area (Å²) in [5.74, 6) is 0.557. The molecule has 3 heteroatoms. The lowest BCUT2D eigenvalue weighted by Crippen LogP contribution is -2.53. The monoisotopic (exact) mass is 175 g/mol. The first kappa shape index (κ1) is 8.42. The third kappa shape index (κ3) is 0.859. The number of hydrogen-bond acceptors (Lipinski definition) is 1. The minimum Gasteiger partial charge on any atom is -0.290 e. The Bertz CT molecular complexity index is 182. The van der Waals surface area contributed by atoms with Crippen LogP contribution in [-0.2, 0) is 0 Å². The van der Waals surface area contributed by atoms with Crippen molar-refractivity contribution in [2.24, 2.45) is 5.92 Å². The Morgan fingerprint density at radius 3 is 2.25 bits per heavy atom. The second kappa shape index (κ2) is 2.41. The second-order valence-corrected chi connectivity index (χ2v) is 4.42. The number of alkyl halides is 2. The topological polar surface area (TPSA) is 3.24 Å². The lowest BCUT2D eigenvalue weighted by molar-refractivity contribution is -0.0650. The Labute approximate surface area is 71.7 Å². The van der Waals surface area contributed by atoms with Crippen molar-refractivity contribution < 1.29 is 8.78 Å². The Morgan fingerprint density at radius 1 is 1.33 bits per heavy atom. The average Bonchev–Trinajstić information content (AvgIpc) is 2.35. The molecule has 3 fully saturated rings.